The Labute approximate surface area is 322 Å². The van der Waals surface area contributed by atoms with Gasteiger partial charge in [0.1, 0.15) is 30.5 Å². The minimum Gasteiger partial charge on any atom is -0.457 e. The number of aliphatic hydroxyl groups is 3. The highest BCUT2D eigenvalue weighted by Crippen LogP contribution is 2.26. The SMILES string of the molecule is CCCCCCCCCCCCCCCCCCCCOCC(COC1OC(CO)C(O)C(OS(=O)(=O)O)C1O)OC(=O)CCCCCCCCCC. The van der Waals surface area contributed by atoms with Crippen molar-refractivity contribution >= 4 is 16.4 Å². The molecule has 1 aliphatic heterocycles. The van der Waals surface area contributed by atoms with E-state index in [9.17, 15) is 28.5 Å². The minimum absolute atomic E-state index is 0.0436. The Morgan fingerprint density at radius 2 is 1.08 bits per heavy atom. The fraction of sp³-hybridized carbons (Fsp3) is 0.975. The summed E-state index contributed by atoms with van der Waals surface area (Å²) in [6.45, 7) is 3.97. The molecule has 0 bridgehead atoms. The van der Waals surface area contributed by atoms with Crippen LogP contribution in [0.4, 0.5) is 0 Å². The van der Waals surface area contributed by atoms with E-state index >= 15 is 0 Å². The molecule has 0 aromatic carbocycles. The van der Waals surface area contributed by atoms with Crippen LogP contribution in [0.1, 0.15) is 187 Å². The molecule has 1 saturated heterocycles. The molecule has 1 fully saturated rings. The van der Waals surface area contributed by atoms with Crippen molar-refractivity contribution < 1.29 is 56.2 Å². The van der Waals surface area contributed by atoms with Gasteiger partial charge in [-0.1, -0.05) is 168 Å². The van der Waals surface area contributed by atoms with Crippen molar-refractivity contribution in [3.05, 3.63) is 0 Å². The summed E-state index contributed by atoms with van der Waals surface area (Å²) in [5.41, 5.74) is 0. The van der Waals surface area contributed by atoms with Crippen LogP contribution in [0.2, 0.25) is 0 Å². The Morgan fingerprint density at radius 3 is 1.51 bits per heavy atom. The average molecular weight is 783 g/mol. The molecule has 0 aromatic heterocycles. The van der Waals surface area contributed by atoms with Crippen LogP contribution in [-0.4, -0.2) is 97.5 Å². The maximum atomic E-state index is 12.7. The first-order valence-corrected chi connectivity index (χ1v) is 22.7. The molecule has 53 heavy (non-hydrogen) atoms. The molecule has 13 heteroatoms. The zero-order chi connectivity index (χ0) is 39.0. The third kappa shape index (κ3) is 27.4. The van der Waals surface area contributed by atoms with Gasteiger partial charge in [0.25, 0.3) is 0 Å². The monoisotopic (exact) mass is 783 g/mol. The molecule has 6 unspecified atom stereocenters. The van der Waals surface area contributed by atoms with Crippen molar-refractivity contribution in [2.24, 2.45) is 0 Å². The molecule has 1 aliphatic rings. The molecule has 0 radical (unpaired) electrons. The molecule has 1 heterocycles. The second kappa shape index (κ2) is 33.3. The van der Waals surface area contributed by atoms with E-state index in [0.29, 0.717) is 13.0 Å². The third-order valence-corrected chi connectivity index (χ3v) is 10.4. The van der Waals surface area contributed by atoms with Gasteiger partial charge in [0.05, 0.1) is 19.8 Å². The van der Waals surface area contributed by atoms with Crippen LogP contribution < -0.4 is 0 Å². The summed E-state index contributed by atoms with van der Waals surface area (Å²) in [5, 5.41) is 30.5. The number of hydrogen-bond acceptors (Lipinski definition) is 11. The summed E-state index contributed by atoms with van der Waals surface area (Å²) in [6.07, 6.45) is 23.0. The highest BCUT2D eigenvalue weighted by Gasteiger charge is 2.48. The largest absolute Gasteiger partial charge is 0.457 e. The summed E-state index contributed by atoms with van der Waals surface area (Å²) in [7, 11) is -5.05. The van der Waals surface area contributed by atoms with Gasteiger partial charge in [-0.25, -0.2) is 4.18 Å². The van der Waals surface area contributed by atoms with Crippen molar-refractivity contribution in [3.8, 4) is 0 Å². The van der Waals surface area contributed by atoms with Crippen LogP contribution in [-0.2, 0) is 38.3 Å². The Hall–Kier alpha value is -0.900. The van der Waals surface area contributed by atoms with E-state index in [4.69, 9.17) is 23.5 Å². The van der Waals surface area contributed by atoms with Crippen LogP contribution >= 0.6 is 0 Å². The molecule has 0 spiro atoms. The molecule has 12 nitrogen and oxygen atoms in total. The number of esters is 1. The average Bonchev–Trinajstić information content (AvgIpc) is 3.12. The number of unbranched alkanes of at least 4 members (excludes halogenated alkanes) is 24. The fourth-order valence-electron chi connectivity index (χ4n) is 6.73. The van der Waals surface area contributed by atoms with Crippen molar-refractivity contribution in [3.63, 3.8) is 0 Å². The lowest BCUT2D eigenvalue weighted by atomic mass is 9.99. The van der Waals surface area contributed by atoms with Gasteiger partial charge >= 0.3 is 16.4 Å². The van der Waals surface area contributed by atoms with Gasteiger partial charge in [-0.2, -0.15) is 8.42 Å². The summed E-state index contributed by atoms with van der Waals surface area (Å²) in [6, 6.07) is 0. The number of carbonyl (C=O) groups is 1. The third-order valence-electron chi connectivity index (χ3n) is 9.98. The van der Waals surface area contributed by atoms with E-state index in [1.807, 2.05) is 0 Å². The molecule has 0 saturated carbocycles. The Morgan fingerprint density at radius 1 is 0.642 bits per heavy atom. The highest BCUT2D eigenvalue weighted by atomic mass is 32.3. The smallest absolute Gasteiger partial charge is 0.397 e. The second-order valence-electron chi connectivity index (χ2n) is 15.0. The summed E-state index contributed by atoms with van der Waals surface area (Å²) < 4.78 is 58.8. The van der Waals surface area contributed by atoms with Crippen molar-refractivity contribution in [1.82, 2.24) is 0 Å². The summed E-state index contributed by atoms with van der Waals surface area (Å²) >= 11 is 0. The molecular formula is C40H78O12S. The standard InChI is InChI=1S/C40H78O12S/c1-3-5-7-9-11-13-14-15-16-17-18-19-20-21-22-24-26-28-30-48-32-34(50-36(42)29-27-25-23-12-10-8-6-4-2)33-49-40-38(44)39(52-53(45,46)47)37(43)35(31-41)51-40/h34-35,37-41,43-44H,3-33H2,1-2H3,(H,45,46,47). The molecular weight excluding hydrogens is 704 g/mol. The molecule has 0 aliphatic carbocycles. The predicted octanol–water partition coefficient (Wildman–Crippen LogP) is 8.13. The van der Waals surface area contributed by atoms with Crippen molar-refractivity contribution in [2.45, 2.75) is 224 Å². The van der Waals surface area contributed by atoms with Gasteiger partial charge in [0.15, 0.2) is 6.29 Å². The van der Waals surface area contributed by atoms with E-state index in [0.717, 1.165) is 38.5 Å². The summed E-state index contributed by atoms with van der Waals surface area (Å²) in [5.74, 6) is -0.400. The molecule has 0 aromatic rings. The molecule has 4 N–H and O–H groups in total. The Balaban J connectivity index is 2.37. The van der Waals surface area contributed by atoms with E-state index in [1.54, 1.807) is 0 Å². The van der Waals surface area contributed by atoms with Crippen LogP contribution in [0.25, 0.3) is 0 Å². The second-order valence-corrected chi connectivity index (χ2v) is 16.0. The molecule has 316 valence electrons. The molecule has 6 atom stereocenters. The molecule has 0 amide bonds. The Kier molecular flexibility index (Phi) is 31.5. The topological polar surface area (TPSA) is 178 Å². The van der Waals surface area contributed by atoms with Gasteiger partial charge in [-0.05, 0) is 12.8 Å². The Bertz CT molecular complexity index is 952. The fourth-order valence-corrected chi connectivity index (χ4v) is 7.24. The van der Waals surface area contributed by atoms with E-state index in [2.05, 4.69) is 18.0 Å². The van der Waals surface area contributed by atoms with Crippen molar-refractivity contribution in [1.29, 1.82) is 0 Å². The maximum absolute atomic E-state index is 12.7. The normalized spacial score (nSPS) is 21.2. The first-order valence-electron chi connectivity index (χ1n) is 21.3. The number of carbonyl (C=O) groups excluding carboxylic acids is 1. The van der Waals surface area contributed by atoms with Crippen LogP contribution in [0.3, 0.4) is 0 Å². The first-order chi connectivity index (χ1) is 25.6. The van der Waals surface area contributed by atoms with Crippen molar-refractivity contribution in [2.75, 3.05) is 26.4 Å². The quantitative estimate of drug-likeness (QED) is 0.0271. The van der Waals surface area contributed by atoms with E-state index in [1.165, 1.54) is 122 Å². The predicted molar refractivity (Wildman–Crippen MR) is 207 cm³/mol. The van der Waals surface area contributed by atoms with E-state index < -0.39 is 59.8 Å². The zero-order valence-electron chi connectivity index (χ0n) is 33.3. The number of hydrogen-bond donors (Lipinski definition) is 4. The number of rotatable bonds is 37. The highest BCUT2D eigenvalue weighted by molar-refractivity contribution is 7.80. The lowest BCUT2D eigenvalue weighted by Crippen LogP contribution is -2.60. The van der Waals surface area contributed by atoms with Crippen LogP contribution in [0, 0.1) is 0 Å². The maximum Gasteiger partial charge on any atom is 0.397 e. The summed E-state index contributed by atoms with van der Waals surface area (Å²) in [4.78, 5) is 12.7. The lowest BCUT2D eigenvalue weighted by molar-refractivity contribution is -0.301. The zero-order valence-corrected chi connectivity index (χ0v) is 34.2. The van der Waals surface area contributed by atoms with Crippen LogP contribution in [0.15, 0.2) is 0 Å². The van der Waals surface area contributed by atoms with Gasteiger partial charge in [-0.3, -0.25) is 9.35 Å². The van der Waals surface area contributed by atoms with Crippen LogP contribution in [0.5, 0.6) is 0 Å². The lowest BCUT2D eigenvalue weighted by Gasteiger charge is -2.41. The molecule has 1 rings (SSSR count). The van der Waals surface area contributed by atoms with Gasteiger partial charge in [0.2, 0.25) is 0 Å². The van der Waals surface area contributed by atoms with Gasteiger partial charge < -0.3 is 34.3 Å². The van der Waals surface area contributed by atoms with Gasteiger partial charge in [0, 0.05) is 13.0 Å². The van der Waals surface area contributed by atoms with Gasteiger partial charge in [-0.15, -0.1) is 0 Å². The van der Waals surface area contributed by atoms with E-state index in [-0.39, 0.29) is 19.6 Å². The first kappa shape index (κ1) is 50.1. The minimum atomic E-state index is -5.05. The number of aliphatic hydroxyl groups excluding tert-OH is 3. The number of ether oxygens (including phenoxy) is 4.